The molecule has 118 valence electrons. The van der Waals surface area contributed by atoms with E-state index in [0.717, 1.165) is 12.5 Å². The number of hydrogen-bond donors (Lipinski definition) is 2. The monoisotopic (exact) mass is 315 g/mol. The molecule has 0 aliphatic heterocycles. The fourth-order valence-electron chi connectivity index (χ4n) is 1.80. The molecule has 0 spiro atoms. The number of carboxylic acid groups (broad SMARTS) is 1. The summed E-state index contributed by atoms with van der Waals surface area (Å²) in [6.07, 6.45) is 0.829. The van der Waals surface area contributed by atoms with Crippen LogP contribution in [-0.4, -0.2) is 32.6 Å². The maximum Gasteiger partial charge on any atom is 0.335 e. The van der Waals surface area contributed by atoms with Crippen LogP contribution >= 0.6 is 0 Å². The smallest absolute Gasteiger partial charge is 0.335 e. The molecule has 0 aliphatic rings. The van der Waals surface area contributed by atoms with Crippen LogP contribution in [0, 0.1) is 5.92 Å². The fourth-order valence-corrected chi connectivity index (χ4v) is 3.34. The topological polar surface area (TPSA) is 92.7 Å². The van der Waals surface area contributed by atoms with Crippen LogP contribution in [0.2, 0.25) is 0 Å². The Morgan fingerprint density at radius 3 is 2.48 bits per heavy atom. The quantitative estimate of drug-likeness (QED) is 0.804. The van der Waals surface area contributed by atoms with Crippen LogP contribution < -0.4 is 9.46 Å². The molecule has 7 heteroatoms. The van der Waals surface area contributed by atoms with E-state index in [1.165, 1.54) is 19.2 Å². The van der Waals surface area contributed by atoms with Gasteiger partial charge in [-0.3, -0.25) is 0 Å². The molecule has 21 heavy (non-hydrogen) atoms. The number of benzene rings is 1. The molecule has 0 heterocycles. The number of ether oxygens (including phenoxy) is 1. The molecule has 1 aromatic carbocycles. The Morgan fingerprint density at radius 2 is 2.00 bits per heavy atom. The summed E-state index contributed by atoms with van der Waals surface area (Å²) in [5, 5.41) is 8.99. The first-order chi connectivity index (χ1) is 9.72. The molecule has 0 saturated carbocycles. The zero-order valence-electron chi connectivity index (χ0n) is 12.6. The van der Waals surface area contributed by atoms with E-state index in [0.29, 0.717) is 0 Å². The molecule has 0 bridgehead atoms. The van der Waals surface area contributed by atoms with Crippen molar-refractivity contribution < 1.29 is 23.1 Å². The van der Waals surface area contributed by atoms with Gasteiger partial charge in [0.15, 0.2) is 0 Å². The minimum atomic E-state index is -3.85. The first kappa shape index (κ1) is 17.5. The summed E-state index contributed by atoms with van der Waals surface area (Å²) in [6.45, 7) is 5.69. The van der Waals surface area contributed by atoms with Gasteiger partial charge in [-0.1, -0.05) is 20.3 Å². The average molecular weight is 315 g/mol. The summed E-state index contributed by atoms with van der Waals surface area (Å²) >= 11 is 0. The predicted molar refractivity (Wildman–Crippen MR) is 79.2 cm³/mol. The van der Waals surface area contributed by atoms with Gasteiger partial charge in [-0.05, 0) is 31.0 Å². The van der Waals surface area contributed by atoms with Crippen molar-refractivity contribution in [3.05, 3.63) is 23.8 Å². The Hall–Kier alpha value is -1.60. The summed E-state index contributed by atoms with van der Waals surface area (Å²) in [5.74, 6) is -0.915. The maximum atomic E-state index is 12.4. The van der Waals surface area contributed by atoms with E-state index >= 15 is 0 Å². The van der Waals surface area contributed by atoms with Crippen molar-refractivity contribution in [1.29, 1.82) is 0 Å². The third-order valence-corrected chi connectivity index (χ3v) is 5.12. The minimum Gasteiger partial charge on any atom is -0.495 e. The second-order valence-electron chi connectivity index (χ2n) is 4.97. The lowest BCUT2D eigenvalue weighted by Gasteiger charge is -2.20. The molecule has 0 radical (unpaired) electrons. The van der Waals surface area contributed by atoms with Crippen LogP contribution in [0.4, 0.5) is 0 Å². The maximum absolute atomic E-state index is 12.4. The highest BCUT2D eigenvalue weighted by Gasteiger charge is 2.25. The van der Waals surface area contributed by atoms with Crippen molar-refractivity contribution in [2.75, 3.05) is 7.11 Å². The molecule has 2 N–H and O–H groups in total. The van der Waals surface area contributed by atoms with Gasteiger partial charge in [0.1, 0.15) is 10.6 Å². The standard InChI is InChI=1S/C14H21NO5S/c1-5-9(2)10(3)15-21(18,19)13-8-11(14(16)17)6-7-12(13)20-4/h6-10,15H,5H2,1-4H3,(H,16,17). The molecule has 1 aromatic rings. The summed E-state index contributed by atoms with van der Waals surface area (Å²) in [5.41, 5.74) is -0.104. The van der Waals surface area contributed by atoms with Gasteiger partial charge in [0.05, 0.1) is 12.7 Å². The summed E-state index contributed by atoms with van der Waals surface area (Å²) in [6, 6.07) is 3.48. The number of hydrogen-bond acceptors (Lipinski definition) is 4. The molecule has 2 atom stereocenters. The van der Waals surface area contributed by atoms with E-state index in [-0.39, 0.29) is 28.2 Å². The van der Waals surface area contributed by atoms with Crippen LogP contribution in [0.3, 0.4) is 0 Å². The fraction of sp³-hybridized carbons (Fsp3) is 0.500. The summed E-state index contributed by atoms with van der Waals surface area (Å²) < 4.78 is 32.5. The van der Waals surface area contributed by atoms with E-state index < -0.39 is 16.0 Å². The summed E-state index contributed by atoms with van der Waals surface area (Å²) in [7, 11) is -2.51. The molecule has 0 aliphatic carbocycles. The van der Waals surface area contributed by atoms with Crippen LogP contribution in [-0.2, 0) is 10.0 Å². The number of rotatable bonds is 7. The first-order valence-electron chi connectivity index (χ1n) is 6.66. The zero-order valence-corrected chi connectivity index (χ0v) is 13.4. The lowest BCUT2D eigenvalue weighted by atomic mass is 10.0. The second kappa shape index (κ2) is 6.91. The number of methoxy groups -OCH3 is 1. The average Bonchev–Trinajstić information content (AvgIpc) is 2.44. The van der Waals surface area contributed by atoms with Gasteiger partial charge in [0.25, 0.3) is 0 Å². The Kier molecular flexibility index (Phi) is 5.74. The minimum absolute atomic E-state index is 0.104. The Labute approximate surface area is 125 Å². The van der Waals surface area contributed by atoms with Crippen molar-refractivity contribution >= 4 is 16.0 Å². The molecule has 0 saturated heterocycles. The molecule has 1 rings (SSSR count). The molecule has 0 aromatic heterocycles. The van der Waals surface area contributed by atoms with Crippen molar-refractivity contribution in [2.45, 2.75) is 38.1 Å². The summed E-state index contributed by atoms with van der Waals surface area (Å²) in [4.78, 5) is 10.8. The Balaban J connectivity index is 3.23. The Morgan fingerprint density at radius 1 is 1.38 bits per heavy atom. The van der Waals surface area contributed by atoms with Crippen LogP contribution in [0.1, 0.15) is 37.6 Å². The third kappa shape index (κ3) is 4.18. The van der Waals surface area contributed by atoms with Gasteiger partial charge in [0, 0.05) is 6.04 Å². The number of sulfonamides is 1. The van der Waals surface area contributed by atoms with Gasteiger partial charge in [-0.15, -0.1) is 0 Å². The van der Waals surface area contributed by atoms with Crippen LogP contribution in [0.5, 0.6) is 5.75 Å². The van der Waals surface area contributed by atoms with Gasteiger partial charge in [0.2, 0.25) is 10.0 Å². The molecule has 0 amide bonds. The zero-order chi connectivity index (χ0) is 16.2. The number of carboxylic acids is 1. The molecule has 2 unspecified atom stereocenters. The highest BCUT2D eigenvalue weighted by Crippen LogP contribution is 2.25. The molecular weight excluding hydrogens is 294 g/mol. The van der Waals surface area contributed by atoms with Crippen molar-refractivity contribution in [2.24, 2.45) is 5.92 Å². The van der Waals surface area contributed by atoms with Crippen molar-refractivity contribution in [1.82, 2.24) is 4.72 Å². The van der Waals surface area contributed by atoms with Gasteiger partial charge in [-0.2, -0.15) is 0 Å². The van der Waals surface area contributed by atoms with E-state index in [1.54, 1.807) is 6.92 Å². The van der Waals surface area contributed by atoms with E-state index in [2.05, 4.69) is 4.72 Å². The number of nitrogens with one attached hydrogen (secondary N) is 1. The normalized spacial score (nSPS) is 14.5. The van der Waals surface area contributed by atoms with Gasteiger partial charge in [-0.25, -0.2) is 17.9 Å². The number of aromatic carboxylic acids is 1. The first-order valence-corrected chi connectivity index (χ1v) is 8.14. The largest absolute Gasteiger partial charge is 0.495 e. The van der Waals surface area contributed by atoms with E-state index in [1.807, 2.05) is 13.8 Å². The SMILES string of the molecule is CCC(C)C(C)NS(=O)(=O)c1cc(C(=O)O)ccc1OC. The Bertz CT molecular complexity index is 612. The van der Waals surface area contributed by atoms with E-state index in [9.17, 15) is 13.2 Å². The highest BCUT2D eigenvalue weighted by molar-refractivity contribution is 7.89. The van der Waals surface area contributed by atoms with E-state index in [4.69, 9.17) is 9.84 Å². The lowest BCUT2D eigenvalue weighted by Crippen LogP contribution is -2.37. The van der Waals surface area contributed by atoms with Crippen LogP contribution in [0.25, 0.3) is 0 Å². The van der Waals surface area contributed by atoms with Gasteiger partial charge >= 0.3 is 5.97 Å². The molecule has 6 nitrogen and oxygen atoms in total. The highest BCUT2D eigenvalue weighted by atomic mass is 32.2. The second-order valence-corrected chi connectivity index (χ2v) is 6.65. The van der Waals surface area contributed by atoms with Gasteiger partial charge < -0.3 is 9.84 Å². The molecular formula is C14H21NO5S. The van der Waals surface area contributed by atoms with Crippen molar-refractivity contribution in [3.63, 3.8) is 0 Å². The van der Waals surface area contributed by atoms with Crippen molar-refractivity contribution in [3.8, 4) is 5.75 Å². The van der Waals surface area contributed by atoms with Crippen LogP contribution in [0.15, 0.2) is 23.1 Å². The number of carbonyl (C=O) groups is 1. The third-order valence-electron chi connectivity index (χ3n) is 3.54. The lowest BCUT2D eigenvalue weighted by molar-refractivity contribution is 0.0696. The molecule has 0 fully saturated rings. The predicted octanol–water partition coefficient (Wildman–Crippen LogP) is 2.11.